The zero-order chi connectivity index (χ0) is 21.9. The standard InChI is InChI=1S/C24H24ClFN2O3/c1-12-14(7-13-3-6-18(20(26)8-13)23(29)27-2)9-19-22(21(12)25)31-17-10-15-4-5-16(11-17)28(15)24(19)30/h3,6,8-9,15-17H,4-5,7,10-11H2,1-2H3,(H,27,29). The number of carbonyl (C=O) groups excluding carboxylic acids is 2. The summed E-state index contributed by atoms with van der Waals surface area (Å²) in [6.07, 6.45) is 4.23. The summed E-state index contributed by atoms with van der Waals surface area (Å²) < 4.78 is 20.7. The number of nitrogens with one attached hydrogen (secondary N) is 1. The number of carbonyl (C=O) groups is 2. The Balaban J connectivity index is 1.53. The first kappa shape index (κ1) is 20.3. The molecule has 4 aliphatic heterocycles. The first-order valence-electron chi connectivity index (χ1n) is 10.7. The molecule has 2 saturated heterocycles. The summed E-state index contributed by atoms with van der Waals surface area (Å²) in [5.41, 5.74) is 2.86. The van der Waals surface area contributed by atoms with Crippen LogP contribution >= 0.6 is 11.6 Å². The predicted molar refractivity (Wildman–Crippen MR) is 115 cm³/mol. The maximum absolute atomic E-state index is 14.4. The molecule has 2 unspecified atom stereocenters. The van der Waals surface area contributed by atoms with Crippen molar-refractivity contribution in [2.75, 3.05) is 7.05 Å². The van der Waals surface area contributed by atoms with E-state index in [0.29, 0.717) is 28.3 Å². The zero-order valence-electron chi connectivity index (χ0n) is 17.5. The molecule has 31 heavy (non-hydrogen) atoms. The number of rotatable bonds is 3. The van der Waals surface area contributed by atoms with Gasteiger partial charge in [-0.15, -0.1) is 0 Å². The van der Waals surface area contributed by atoms with Crippen molar-refractivity contribution in [3.8, 4) is 5.75 Å². The molecule has 2 atom stereocenters. The number of amides is 2. The van der Waals surface area contributed by atoms with Crippen LogP contribution in [0.25, 0.3) is 0 Å². The summed E-state index contributed by atoms with van der Waals surface area (Å²) in [7, 11) is 1.47. The van der Waals surface area contributed by atoms with Crippen molar-refractivity contribution in [3.63, 3.8) is 0 Å². The van der Waals surface area contributed by atoms with Crippen LogP contribution in [0.4, 0.5) is 4.39 Å². The minimum atomic E-state index is -0.578. The number of ether oxygens (including phenoxy) is 1. The van der Waals surface area contributed by atoms with Gasteiger partial charge in [0, 0.05) is 32.0 Å². The maximum Gasteiger partial charge on any atom is 0.258 e. The molecule has 0 radical (unpaired) electrons. The van der Waals surface area contributed by atoms with Gasteiger partial charge in [-0.2, -0.15) is 0 Å². The van der Waals surface area contributed by atoms with Gasteiger partial charge < -0.3 is 15.0 Å². The largest absolute Gasteiger partial charge is 0.488 e. The van der Waals surface area contributed by atoms with Crippen LogP contribution in [0.3, 0.4) is 0 Å². The minimum absolute atomic E-state index is 0.00191. The van der Waals surface area contributed by atoms with E-state index in [1.165, 1.54) is 19.2 Å². The highest BCUT2D eigenvalue weighted by Gasteiger charge is 2.47. The lowest BCUT2D eigenvalue weighted by molar-refractivity contribution is 0.0275. The number of nitrogens with zero attached hydrogens (tertiary/aromatic N) is 1. The smallest absolute Gasteiger partial charge is 0.258 e. The highest BCUT2D eigenvalue weighted by Crippen LogP contribution is 2.45. The Labute approximate surface area is 185 Å². The van der Waals surface area contributed by atoms with Crippen LogP contribution in [0.15, 0.2) is 24.3 Å². The van der Waals surface area contributed by atoms with Crippen LogP contribution in [0.1, 0.15) is 63.1 Å². The number of hydrogen-bond donors (Lipinski definition) is 1. The molecule has 4 heterocycles. The Bertz CT molecular complexity index is 1090. The molecule has 2 fully saturated rings. The SMILES string of the molecule is CNC(=O)c1ccc(Cc2cc3c(c(Cl)c2C)OC2CC4CCC(C2)N4C3=O)cc1F. The average Bonchev–Trinajstić information content (AvgIpc) is 3.00. The quantitative estimate of drug-likeness (QED) is 0.772. The molecule has 162 valence electrons. The Morgan fingerprint density at radius 1 is 1.26 bits per heavy atom. The van der Waals surface area contributed by atoms with E-state index >= 15 is 0 Å². The van der Waals surface area contributed by atoms with Crippen LogP contribution in [-0.2, 0) is 6.42 Å². The molecule has 0 aliphatic carbocycles. The average molecular weight is 443 g/mol. The van der Waals surface area contributed by atoms with Crippen molar-refractivity contribution >= 4 is 23.4 Å². The second kappa shape index (κ2) is 7.52. The lowest BCUT2D eigenvalue weighted by Crippen LogP contribution is -2.51. The lowest BCUT2D eigenvalue weighted by atomic mass is 9.92. The van der Waals surface area contributed by atoms with Gasteiger partial charge in [0.25, 0.3) is 11.8 Å². The summed E-state index contributed by atoms with van der Waals surface area (Å²) >= 11 is 6.69. The van der Waals surface area contributed by atoms with Crippen molar-refractivity contribution in [2.24, 2.45) is 0 Å². The lowest BCUT2D eigenvalue weighted by Gasteiger charge is -2.42. The molecule has 0 saturated carbocycles. The molecule has 5 nitrogen and oxygen atoms in total. The van der Waals surface area contributed by atoms with Crippen molar-refractivity contribution < 1.29 is 18.7 Å². The van der Waals surface area contributed by atoms with E-state index in [1.807, 2.05) is 17.9 Å². The fourth-order valence-corrected chi connectivity index (χ4v) is 5.57. The van der Waals surface area contributed by atoms with Gasteiger partial charge in [0.05, 0.1) is 16.1 Å². The highest BCUT2D eigenvalue weighted by molar-refractivity contribution is 6.33. The summed E-state index contributed by atoms with van der Waals surface area (Å²) in [4.78, 5) is 27.3. The van der Waals surface area contributed by atoms with Gasteiger partial charge in [-0.3, -0.25) is 9.59 Å². The van der Waals surface area contributed by atoms with Gasteiger partial charge in [0.2, 0.25) is 0 Å². The molecular weight excluding hydrogens is 419 g/mol. The molecule has 2 aromatic rings. The van der Waals surface area contributed by atoms with E-state index in [0.717, 1.165) is 36.8 Å². The van der Waals surface area contributed by atoms with Gasteiger partial charge in [-0.1, -0.05) is 17.7 Å². The molecule has 2 amide bonds. The summed E-state index contributed by atoms with van der Waals surface area (Å²) in [5.74, 6) is -0.593. The van der Waals surface area contributed by atoms with E-state index in [4.69, 9.17) is 16.3 Å². The Morgan fingerprint density at radius 2 is 1.97 bits per heavy atom. The fraction of sp³-hybridized carbons (Fsp3) is 0.417. The summed E-state index contributed by atoms with van der Waals surface area (Å²) in [6.45, 7) is 1.89. The molecule has 4 bridgehead atoms. The molecule has 4 aliphatic rings. The normalized spacial score (nSPS) is 23.8. The van der Waals surface area contributed by atoms with Gasteiger partial charge in [-0.25, -0.2) is 4.39 Å². The van der Waals surface area contributed by atoms with Gasteiger partial charge in [0.15, 0.2) is 5.75 Å². The van der Waals surface area contributed by atoms with Crippen LogP contribution in [0.5, 0.6) is 5.75 Å². The van der Waals surface area contributed by atoms with E-state index in [9.17, 15) is 14.0 Å². The van der Waals surface area contributed by atoms with Crippen LogP contribution < -0.4 is 10.1 Å². The van der Waals surface area contributed by atoms with Gasteiger partial charge >= 0.3 is 0 Å². The Hall–Kier alpha value is -2.60. The molecule has 1 N–H and O–H groups in total. The number of piperidine rings is 1. The van der Waals surface area contributed by atoms with Crippen molar-refractivity contribution in [1.29, 1.82) is 0 Å². The molecule has 0 aromatic heterocycles. The Kier molecular flexibility index (Phi) is 4.93. The highest BCUT2D eigenvalue weighted by atomic mass is 35.5. The fourth-order valence-electron chi connectivity index (χ4n) is 5.30. The van der Waals surface area contributed by atoms with Crippen LogP contribution in [-0.4, -0.2) is 41.9 Å². The van der Waals surface area contributed by atoms with E-state index in [1.54, 1.807) is 6.07 Å². The number of benzene rings is 2. The third-order valence-corrected chi connectivity index (χ3v) is 7.37. The molecular formula is C24H24ClFN2O3. The number of halogens is 2. The molecule has 7 heteroatoms. The van der Waals surface area contributed by atoms with E-state index in [-0.39, 0.29) is 29.7 Å². The third-order valence-electron chi connectivity index (χ3n) is 6.91. The third kappa shape index (κ3) is 3.28. The van der Waals surface area contributed by atoms with Crippen LogP contribution in [0, 0.1) is 12.7 Å². The molecule has 2 aromatic carbocycles. The van der Waals surface area contributed by atoms with E-state index in [2.05, 4.69) is 5.32 Å². The van der Waals surface area contributed by atoms with Crippen molar-refractivity contribution in [3.05, 3.63) is 62.9 Å². The monoisotopic (exact) mass is 442 g/mol. The Morgan fingerprint density at radius 3 is 2.61 bits per heavy atom. The van der Waals surface area contributed by atoms with Gasteiger partial charge in [-0.05, 0) is 61.1 Å². The predicted octanol–water partition coefficient (Wildman–Crippen LogP) is 4.27. The van der Waals surface area contributed by atoms with Crippen molar-refractivity contribution in [2.45, 2.75) is 57.2 Å². The van der Waals surface area contributed by atoms with Crippen LogP contribution in [0.2, 0.25) is 5.02 Å². The molecule has 6 rings (SSSR count). The summed E-state index contributed by atoms with van der Waals surface area (Å²) in [6, 6.07) is 6.88. The zero-order valence-corrected chi connectivity index (χ0v) is 18.3. The van der Waals surface area contributed by atoms with E-state index < -0.39 is 11.7 Å². The van der Waals surface area contributed by atoms with Crippen molar-refractivity contribution in [1.82, 2.24) is 10.2 Å². The maximum atomic E-state index is 14.4. The van der Waals surface area contributed by atoms with Gasteiger partial charge in [0.1, 0.15) is 11.9 Å². The second-order valence-corrected chi connectivity index (χ2v) is 9.11. The number of hydrogen-bond acceptors (Lipinski definition) is 3. The summed E-state index contributed by atoms with van der Waals surface area (Å²) in [5, 5.41) is 2.88. The minimum Gasteiger partial charge on any atom is -0.488 e. The first-order chi connectivity index (χ1) is 14.9. The topological polar surface area (TPSA) is 58.6 Å². The second-order valence-electron chi connectivity index (χ2n) is 8.73. The molecule has 0 spiro atoms. The first-order valence-corrected chi connectivity index (χ1v) is 11.1.